The van der Waals surface area contributed by atoms with E-state index in [9.17, 15) is 18.0 Å². The summed E-state index contributed by atoms with van der Waals surface area (Å²) >= 11 is 0. The van der Waals surface area contributed by atoms with Crippen LogP contribution in [0.4, 0.5) is 13.2 Å². The lowest BCUT2D eigenvalue weighted by Gasteiger charge is -2.28. The molecule has 5 rings (SSSR count). The van der Waals surface area contributed by atoms with Gasteiger partial charge in [-0.25, -0.2) is 14.8 Å². The number of carboxylic acids is 1. The number of nitrogens with zero attached hydrogens (tertiary/aromatic N) is 3. The lowest BCUT2D eigenvalue weighted by atomic mass is 9.85. The van der Waals surface area contributed by atoms with Crippen LogP contribution in [0.1, 0.15) is 60.4 Å². The number of hydrogen-bond donors (Lipinski definition) is 3. The van der Waals surface area contributed by atoms with Gasteiger partial charge in [0.05, 0.1) is 11.0 Å². The van der Waals surface area contributed by atoms with Crippen LogP contribution >= 0.6 is 0 Å². The predicted octanol–water partition coefficient (Wildman–Crippen LogP) is 4.86. The molecule has 2 atom stereocenters. The zero-order valence-electron chi connectivity index (χ0n) is 19.5. The maximum Gasteiger partial charge on any atom is 0.490 e. The van der Waals surface area contributed by atoms with Gasteiger partial charge >= 0.3 is 12.1 Å². The second kappa shape index (κ2) is 10.4. The fraction of sp³-hybridized carbons (Fsp3) is 0.360. The van der Waals surface area contributed by atoms with Crippen molar-refractivity contribution in [3.05, 3.63) is 65.9 Å². The standard InChI is InChI=1S/C23H25N5O.C2HF3O2/c1-2-15-10-11-21-25-20(14-28(21)13-15)23(29)24-17-7-5-6-16(12-17)22-26-18-8-3-4-9-19(18)27-22;3-2(4,5)1(6)7/h3-4,8-11,13-14,16-17H,2,5-7,12H2,1H3,(H,24,29)(H,26,27);(H,6,7)/t16-,17+;/m0./s1. The SMILES string of the molecule is CCc1ccc2nc(C(=O)N[C@@H]3CCC[C@H](c4nc5ccccc5[nH]4)C3)cn2c1.O=C(O)C(F)(F)F. The Labute approximate surface area is 204 Å². The molecule has 0 unspecified atom stereocenters. The van der Waals surface area contributed by atoms with Gasteiger partial charge in [0.1, 0.15) is 17.2 Å². The third-order valence-electron chi connectivity index (χ3n) is 6.20. The van der Waals surface area contributed by atoms with Crippen LogP contribution in [0.3, 0.4) is 0 Å². The van der Waals surface area contributed by atoms with Gasteiger partial charge in [0.2, 0.25) is 0 Å². The number of H-pyrrole nitrogens is 1. The van der Waals surface area contributed by atoms with Crippen LogP contribution in [0.5, 0.6) is 0 Å². The Morgan fingerprint density at radius 2 is 1.89 bits per heavy atom. The Morgan fingerprint density at radius 1 is 1.14 bits per heavy atom. The van der Waals surface area contributed by atoms with E-state index in [-0.39, 0.29) is 11.9 Å². The van der Waals surface area contributed by atoms with Gasteiger partial charge in [0, 0.05) is 24.4 Å². The van der Waals surface area contributed by atoms with Gasteiger partial charge < -0.3 is 19.8 Å². The van der Waals surface area contributed by atoms with E-state index in [1.165, 1.54) is 5.56 Å². The number of para-hydroxylation sites is 2. The number of aliphatic carboxylic acids is 1. The van der Waals surface area contributed by atoms with E-state index >= 15 is 0 Å². The minimum atomic E-state index is -5.08. The number of halogens is 3. The van der Waals surface area contributed by atoms with Crippen LogP contribution < -0.4 is 5.32 Å². The van der Waals surface area contributed by atoms with Crippen molar-refractivity contribution in [3.63, 3.8) is 0 Å². The largest absolute Gasteiger partial charge is 0.490 e. The normalized spacial score (nSPS) is 18.0. The van der Waals surface area contributed by atoms with Crippen LogP contribution in [0, 0.1) is 0 Å². The van der Waals surface area contributed by atoms with E-state index in [0.29, 0.717) is 11.6 Å². The number of benzene rings is 1. The van der Waals surface area contributed by atoms with Crippen LogP contribution in [0.25, 0.3) is 16.7 Å². The zero-order chi connectivity index (χ0) is 25.9. The number of aromatic nitrogens is 4. The molecule has 0 radical (unpaired) electrons. The summed E-state index contributed by atoms with van der Waals surface area (Å²) in [5.41, 5.74) is 4.58. The van der Waals surface area contributed by atoms with E-state index in [1.54, 1.807) is 0 Å². The van der Waals surface area contributed by atoms with Crippen molar-refractivity contribution >= 4 is 28.6 Å². The number of aryl methyl sites for hydroxylation is 1. The Kier molecular flexibility index (Phi) is 7.27. The molecule has 3 heterocycles. The Morgan fingerprint density at radius 3 is 2.58 bits per heavy atom. The maximum atomic E-state index is 12.8. The fourth-order valence-corrected chi connectivity index (χ4v) is 4.35. The van der Waals surface area contributed by atoms with E-state index in [2.05, 4.69) is 34.3 Å². The predicted molar refractivity (Wildman–Crippen MR) is 127 cm³/mol. The molecule has 1 saturated carbocycles. The highest BCUT2D eigenvalue weighted by Gasteiger charge is 2.38. The Bertz CT molecular complexity index is 1350. The van der Waals surface area contributed by atoms with Gasteiger partial charge in [-0.1, -0.05) is 31.5 Å². The van der Waals surface area contributed by atoms with Crippen molar-refractivity contribution in [3.8, 4) is 0 Å². The van der Waals surface area contributed by atoms with Gasteiger partial charge in [-0.2, -0.15) is 13.2 Å². The highest BCUT2D eigenvalue weighted by Crippen LogP contribution is 2.32. The second-order valence-corrected chi connectivity index (χ2v) is 8.76. The summed E-state index contributed by atoms with van der Waals surface area (Å²) < 4.78 is 33.7. The van der Waals surface area contributed by atoms with E-state index < -0.39 is 12.1 Å². The summed E-state index contributed by atoms with van der Waals surface area (Å²) in [6, 6.07) is 12.3. The Balaban J connectivity index is 0.000000384. The number of hydrogen-bond acceptors (Lipinski definition) is 4. The van der Waals surface area contributed by atoms with Crippen LogP contribution in [0.2, 0.25) is 0 Å². The van der Waals surface area contributed by atoms with Crippen molar-refractivity contribution in [2.45, 2.75) is 57.2 Å². The number of carboxylic acid groups (broad SMARTS) is 1. The van der Waals surface area contributed by atoms with Crippen molar-refractivity contribution in [1.82, 2.24) is 24.7 Å². The molecule has 1 aliphatic rings. The zero-order valence-corrected chi connectivity index (χ0v) is 19.5. The molecule has 190 valence electrons. The maximum absolute atomic E-state index is 12.8. The van der Waals surface area contributed by atoms with Crippen molar-refractivity contribution in [1.29, 1.82) is 0 Å². The molecule has 36 heavy (non-hydrogen) atoms. The molecule has 0 bridgehead atoms. The summed E-state index contributed by atoms with van der Waals surface area (Å²) in [5.74, 6) is -1.48. The monoisotopic (exact) mass is 501 g/mol. The topological polar surface area (TPSA) is 112 Å². The molecule has 0 spiro atoms. The average molecular weight is 502 g/mol. The molecule has 1 fully saturated rings. The molecule has 4 aromatic rings. The van der Waals surface area contributed by atoms with E-state index in [1.807, 2.05) is 41.1 Å². The van der Waals surface area contributed by atoms with Gasteiger partial charge in [-0.05, 0) is 49.4 Å². The number of nitrogens with one attached hydrogen (secondary N) is 2. The summed E-state index contributed by atoms with van der Waals surface area (Å²) in [7, 11) is 0. The molecule has 1 amide bonds. The first-order chi connectivity index (χ1) is 17.1. The number of pyridine rings is 1. The smallest absolute Gasteiger partial charge is 0.475 e. The number of aromatic amines is 1. The quantitative estimate of drug-likeness (QED) is 0.370. The number of imidazole rings is 2. The van der Waals surface area contributed by atoms with Gasteiger partial charge in [-0.15, -0.1) is 0 Å². The number of fused-ring (bicyclic) bond motifs is 2. The average Bonchev–Trinajstić information content (AvgIpc) is 3.48. The number of amides is 1. The minimum absolute atomic E-state index is 0.0954. The number of alkyl halides is 3. The summed E-state index contributed by atoms with van der Waals surface area (Å²) in [4.78, 5) is 34.4. The first kappa shape index (κ1) is 25.2. The summed E-state index contributed by atoms with van der Waals surface area (Å²) in [6.07, 6.45) is 3.81. The number of carbonyl (C=O) groups is 2. The van der Waals surface area contributed by atoms with E-state index in [0.717, 1.165) is 54.6 Å². The lowest BCUT2D eigenvalue weighted by Crippen LogP contribution is -2.38. The molecule has 3 N–H and O–H groups in total. The Hall–Kier alpha value is -3.89. The molecule has 11 heteroatoms. The first-order valence-corrected chi connectivity index (χ1v) is 11.7. The van der Waals surface area contributed by atoms with Crippen LogP contribution in [-0.2, 0) is 11.2 Å². The van der Waals surface area contributed by atoms with Crippen molar-refractivity contribution in [2.75, 3.05) is 0 Å². The molecule has 1 aromatic carbocycles. The van der Waals surface area contributed by atoms with E-state index in [4.69, 9.17) is 14.9 Å². The number of carbonyl (C=O) groups excluding carboxylic acids is 1. The number of rotatable bonds is 4. The molecule has 3 aromatic heterocycles. The van der Waals surface area contributed by atoms with Gasteiger partial charge in [0.25, 0.3) is 5.91 Å². The van der Waals surface area contributed by atoms with Crippen LogP contribution in [-0.4, -0.2) is 48.6 Å². The molecular weight excluding hydrogens is 475 g/mol. The fourth-order valence-electron chi connectivity index (χ4n) is 4.35. The van der Waals surface area contributed by atoms with Crippen molar-refractivity contribution < 1.29 is 27.9 Å². The third-order valence-corrected chi connectivity index (χ3v) is 6.20. The lowest BCUT2D eigenvalue weighted by molar-refractivity contribution is -0.192. The minimum Gasteiger partial charge on any atom is -0.475 e. The van der Waals surface area contributed by atoms with Gasteiger partial charge in [0.15, 0.2) is 0 Å². The molecule has 8 nitrogen and oxygen atoms in total. The van der Waals surface area contributed by atoms with Crippen LogP contribution in [0.15, 0.2) is 48.8 Å². The summed E-state index contributed by atoms with van der Waals surface area (Å²) in [6.45, 7) is 2.12. The highest BCUT2D eigenvalue weighted by molar-refractivity contribution is 5.93. The molecular formula is C25H26F3N5O3. The second-order valence-electron chi connectivity index (χ2n) is 8.76. The molecule has 1 aliphatic carbocycles. The first-order valence-electron chi connectivity index (χ1n) is 11.7. The highest BCUT2D eigenvalue weighted by atomic mass is 19.4. The summed E-state index contributed by atoms with van der Waals surface area (Å²) in [5, 5.41) is 10.3. The third kappa shape index (κ3) is 5.84. The molecule has 0 aliphatic heterocycles. The molecule has 0 saturated heterocycles. The van der Waals surface area contributed by atoms with Gasteiger partial charge in [-0.3, -0.25) is 4.79 Å². The van der Waals surface area contributed by atoms with Crippen molar-refractivity contribution in [2.24, 2.45) is 0 Å².